The zero-order valence-electron chi connectivity index (χ0n) is 58.9. The quantitative estimate of drug-likeness (QED) is 0.143. The molecule has 0 aliphatic carbocycles. The highest BCUT2D eigenvalue weighted by atomic mass is 16.3. The van der Waals surface area contributed by atoms with E-state index in [1.54, 1.807) is 0 Å². The molecule has 16 aromatic carbocycles. The molecule has 0 unspecified atom stereocenters. The minimum Gasteiger partial charge on any atom is -0.456 e. The van der Waals surface area contributed by atoms with E-state index in [0.29, 0.717) is 11.9 Å². The molecule has 0 bridgehead atoms. The first-order valence-electron chi connectivity index (χ1n) is 37.3. The second kappa shape index (κ2) is 23.2. The SMILES string of the molecule is c1ccc(-c2cccc(-n3c4ccccc4c4c5c6ccc7oc8c(-c9ccc%10c(-c%11ccccc%11)nc(-n%11c%12ccccc%12c%12c%13c%14ccc%15oc%16ccccc%16c%15c%14n(-c%14cccc(-c%15ccccc%15)c%14)c%13ccc%12%11)nc%10c9)cccc8c7c6n(-c6nc(-c7ccccc7)c7ccccc7n6)c5ccc43)c2)cc1. The van der Waals surface area contributed by atoms with Gasteiger partial charge in [-0.25, -0.2) is 19.9 Å². The zero-order valence-corrected chi connectivity index (χ0v) is 58.9. The van der Waals surface area contributed by atoms with Gasteiger partial charge in [-0.15, -0.1) is 0 Å². The summed E-state index contributed by atoms with van der Waals surface area (Å²) in [7, 11) is 0. The molecule has 10 nitrogen and oxygen atoms in total. The third kappa shape index (κ3) is 8.75. The Bertz CT molecular complexity index is 8020. The molecule has 0 radical (unpaired) electrons. The number of furan rings is 2. The molecule has 0 spiro atoms. The molecule has 0 saturated carbocycles. The number of rotatable bonds is 9. The number of fused-ring (bicyclic) bond motifs is 24. The predicted octanol–water partition coefficient (Wildman–Crippen LogP) is 26.1. The number of para-hydroxylation sites is 5. The summed E-state index contributed by atoms with van der Waals surface area (Å²) >= 11 is 0. The minimum absolute atomic E-state index is 0.558. The van der Waals surface area contributed by atoms with Gasteiger partial charge in [0.25, 0.3) is 0 Å². The molecule has 0 amide bonds. The van der Waals surface area contributed by atoms with Crippen molar-refractivity contribution in [2.45, 2.75) is 0 Å². The summed E-state index contributed by atoms with van der Waals surface area (Å²) in [5.41, 5.74) is 25.4. The van der Waals surface area contributed by atoms with E-state index in [0.717, 1.165) is 215 Å². The Balaban J connectivity index is 0.739. The molecule has 0 atom stereocenters. The molecule has 110 heavy (non-hydrogen) atoms. The highest BCUT2D eigenvalue weighted by Gasteiger charge is 2.29. The molecule has 8 heterocycles. The van der Waals surface area contributed by atoms with Crippen LogP contribution in [-0.4, -0.2) is 38.2 Å². The fourth-order valence-electron chi connectivity index (χ4n) is 18.1. The summed E-state index contributed by atoms with van der Waals surface area (Å²) in [5.74, 6) is 1.12. The molecule has 24 aromatic rings. The van der Waals surface area contributed by atoms with E-state index in [1.165, 1.54) is 5.56 Å². The molecule has 0 N–H and O–H groups in total. The van der Waals surface area contributed by atoms with Crippen LogP contribution in [0.25, 0.3) is 232 Å². The van der Waals surface area contributed by atoms with Crippen molar-refractivity contribution in [3.8, 4) is 79.2 Å². The van der Waals surface area contributed by atoms with Gasteiger partial charge in [0.05, 0.1) is 77.3 Å². The molecule has 0 fully saturated rings. The van der Waals surface area contributed by atoms with Gasteiger partial charge in [-0.05, 0) is 137 Å². The van der Waals surface area contributed by atoms with Crippen LogP contribution in [0, 0.1) is 0 Å². The largest absolute Gasteiger partial charge is 0.456 e. The van der Waals surface area contributed by atoms with Gasteiger partial charge in [-0.2, -0.15) is 0 Å². The number of hydrogen-bond acceptors (Lipinski definition) is 6. The molecule has 10 heteroatoms. The van der Waals surface area contributed by atoms with Crippen molar-refractivity contribution in [1.29, 1.82) is 0 Å². The van der Waals surface area contributed by atoms with E-state index < -0.39 is 0 Å². The Morgan fingerprint density at radius 2 is 0.636 bits per heavy atom. The van der Waals surface area contributed by atoms with Gasteiger partial charge >= 0.3 is 0 Å². The number of aromatic nitrogens is 8. The highest BCUT2D eigenvalue weighted by molar-refractivity contribution is 6.35. The maximum atomic E-state index is 7.41. The molecule has 0 aliphatic rings. The summed E-state index contributed by atoms with van der Waals surface area (Å²) in [5, 5.41) is 14.9. The van der Waals surface area contributed by atoms with Crippen LogP contribution in [0.1, 0.15) is 0 Å². The van der Waals surface area contributed by atoms with Crippen molar-refractivity contribution in [1.82, 2.24) is 38.2 Å². The predicted molar refractivity (Wildman–Crippen MR) is 452 cm³/mol. The molecule has 0 saturated heterocycles. The molecule has 0 aliphatic heterocycles. The van der Waals surface area contributed by atoms with Gasteiger partial charge < -0.3 is 18.0 Å². The van der Waals surface area contributed by atoms with Crippen LogP contribution in [-0.2, 0) is 0 Å². The molecular formula is C100H58N8O2. The van der Waals surface area contributed by atoms with Crippen molar-refractivity contribution in [3.63, 3.8) is 0 Å². The fourth-order valence-corrected chi connectivity index (χ4v) is 18.1. The summed E-state index contributed by atoms with van der Waals surface area (Å²) in [6.07, 6.45) is 0. The van der Waals surface area contributed by atoms with E-state index in [2.05, 4.69) is 364 Å². The zero-order chi connectivity index (χ0) is 71.8. The highest BCUT2D eigenvalue weighted by Crippen LogP contribution is 2.50. The van der Waals surface area contributed by atoms with Gasteiger partial charge in [0.2, 0.25) is 11.9 Å². The van der Waals surface area contributed by atoms with Crippen molar-refractivity contribution in [2.24, 2.45) is 0 Å². The van der Waals surface area contributed by atoms with Crippen LogP contribution in [0.5, 0.6) is 0 Å². The van der Waals surface area contributed by atoms with Crippen LogP contribution < -0.4 is 0 Å². The summed E-state index contributed by atoms with van der Waals surface area (Å²) in [6, 6.07) is 125. The summed E-state index contributed by atoms with van der Waals surface area (Å²) in [6.45, 7) is 0. The smallest absolute Gasteiger partial charge is 0.235 e. The average molecular weight is 1400 g/mol. The Labute approximate surface area is 627 Å². The minimum atomic E-state index is 0.558. The Hall–Kier alpha value is -15.0. The third-order valence-electron chi connectivity index (χ3n) is 22.8. The standard InChI is InChI=1S/C100H58N8O2/c1-5-24-59(25-6-1)63-32-21-34-66(56-63)105-79-43-18-14-37-71(79)88-81(105)50-53-84-91(88)75-49-55-87-93(97(75)108(84)100-101-77-42-17-13-36-69(77)94(104-100)61-28-9-3-10-29-61)76-41-23-40-68(98(76)110-87)65-46-47-70-78(58-65)102-99(103-95(70)62-30-11-4-12-31-62)107-80-44-19-15-38-72(80)89-83(107)52-51-82-90(89)74-48-54-86-92(73-39-16-20-45-85(73)109-86)96(74)106(82)67-35-22-33-64(57-67)60-26-7-2-8-27-60/h1-58H. The van der Waals surface area contributed by atoms with Gasteiger partial charge in [-0.1, -0.05) is 243 Å². The Kier molecular flexibility index (Phi) is 12.7. The lowest BCUT2D eigenvalue weighted by Crippen LogP contribution is -2.03. The molecule has 24 rings (SSSR count). The van der Waals surface area contributed by atoms with Crippen LogP contribution in [0.3, 0.4) is 0 Å². The average Bonchev–Trinajstić information content (AvgIpc) is 1.42. The topological polar surface area (TPSA) is 97.6 Å². The van der Waals surface area contributed by atoms with Crippen LogP contribution >= 0.6 is 0 Å². The number of hydrogen-bond donors (Lipinski definition) is 0. The van der Waals surface area contributed by atoms with E-state index in [4.69, 9.17) is 28.8 Å². The van der Waals surface area contributed by atoms with Crippen LogP contribution in [0.15, 0.2) is 361 Å². The first-order chi connectivity index (χ1) is 54.6. The lowest BCUT2D eigenvalue weighted by Gasteiger charge is -2.13. The lowest BCUT2D eigenvalue weighted by molar-refractivity contribution is 0.669. The van der Waals surface area contributed by atoms with Gasteiger partial charge in [0.1, 0.15) is 22.3 Å². The van der Waals surface area contributed by atoms with E-state index in [1.807, 2.05) is 6.07 Å². The van der Waals surface area contributed by atoms with Crippen LogP contribution in [0.4, 0.5) is 0 Å². The van der Waals surface area contributed by atoms with Gasteiger partial charge in [0, 0.05) is 92.7 Å². The first kappa shape index (κ1) is 60.3. The monoisotopic (exact) mass is 1400 g/mol. The molecular weight excluding hydrogens is 1350 g/mol. The lowest BCUT2D eigenvalue weighted by atomic mass is 9.98. The fraction of sp³-hybridized carbons (Fsp3) is 0. The van der Waals surface area contributed by atoms with E-state index >= 15 is 0 Å². The van der Waals surface area contributed by atoms with Gasteiger partial charge in [-0.3, -0.25) is 9.13 Å². The number of nitrogens with zero attached hydrogens (tertiary/aromatic N) is 8. The molecule has 510 valence electrons. The van der Waals surface area contributed by atoms with Crippen molar-refractivity contribution < 1.29 is 8.83 Å². The Morgan fingerprint density at radius 1 is 0.209 bits per heavy atom. The number of benzene rings is 16. The van der Waals surface area contributed by atoms with E-state index in [9.17, 15) is 0 Å². The second-order valence-corrected chi connectivity index (χ2v) is 28.7. The maximum Gasteiger partial charge on any atom is 0.235 e. The summed E-state index contributed by atoms with van der Waals surface area (Å²) in [4.78, 5) is 22.7. The van der Waals surface area contributed by atoms with Crippen molar-refractivity contribution in [3.05, 3.63) is 352 Å². The summed E-state index contributed by atoms with van der Waals surface area (Å²) < 4.78 is 23.5. The van der Waals surface area contributed by atoms with Crippen molar-refractivity contribution >= 4 is 153 Å². The van der Waals surface area contributed by atoms with Crippen LogP contribution in [0.2, 0.25) is 0 Å². The second-order valence-electron chi connectivity index (χ2n) is 28.7. The normalized spacial score (nSPS) is 12.2. The Morgan fingerprint density at radius 3 is 1.27 bits per heavy atom. The van der Waals surface area contributed by atoms with E-state index in [-0.39, 0.29) is 0 Å². The third-order valence-corrected chi connectivity index (χ3v) is 22.8. The van der Waals surface area contributed by atoms with Crippen molar-refractivity contribution in [2.75, 3.05) is 0 Å². The first-order valence-corrected chi connectivity index (χ1v) is 37.3. The van der Waals surface area contributed by atoms with Gasteiger partial charge in [0.15, 0.2) is 0 Å². The maximum absolute atomic E-state index is 7.41. The molecule has 8 aromatic heterocycles.